The number of amides is 3. The molecule has 0 spiro atoms. The van der Waals surface area contributed by atoms with Crippen molar-refractivity contribution in [1.82, 2.24) is 4.90 Å². The molecule has 1 aromatic rings. The molecule has 6 heteroatoms. The lowest BCUT2D eigenvalue weighted by Crippen LogP contribution is -2.36. The Morgan fingerprint density at radius 3 is 2.50 bits per heavy atom. The van der Waals surface area contributed by atoms with Gasteiger partial charge in [0.25, 0.3) is 0 Å². The van der Waals surface area contributed by atoms with Gasteiger partial charge in [-0.2, -0.15) is 0 Å². The zero-order valence-corrected chi connectivity index (χ0v) is 9.50. The number of carboxylic acid groups (broad SMARTS) is 1. The maximum Gasteiger partial charge on any atom is 0.328 e. The van der Waals surface area contributed by atoms with Gasteiger partial charge in [0, 0.05) is 18.7 Å². The van der Waals surface area contributed by atoms with Crippen LogP contribution in [0.4, 0.5) is 10.5 Å². The van der Waals surface area contributed by atoms with Crippen molar-refractivity contribution >= 4 is 23.6 Å². The van der Waals surface area contributed by atoms with Crippen LogP contribution in [0.25, 0.3) is 0 Å². The van der Waals surface area contributed by atoms with Crippen LogP contribution >= 0.6 is 0 Å². The van der Waals surface area contributed by atoms with Crippen LogP contribution in [0, 0.1) is 5.92 Å². The Morgan fingerprint density at radius 1 is 1.28 bits per heavy atom. The quantitative estimate of drug-likeness (QED) is 0.822. The summed E-state index contributed by atoms with van der Waals surface area (Å²) in [6, 6.07) is 8.09. The average molecular weight is 248 g/mol. The third-order valence-electron chi connectivity index (χ3n) is 2.74. The Bertz CT molecular complexity index is 486. The Hall–Kier alpha value is -2.37. The minimum Gasteiger partial charge on any atom is -0.481 e. The number of nitrogens with one attached hydrogen (secondary N) is 1. The molecule has 1 fully saturated rings. The maximum absolute atomic E-state index is 11.8. The fourth-order valence-corrected chi connectivity index (χ4v) is 1.78. The van der Waals surface area contributed by atoms with Crippen LogP contribution in [0.5, 0.6) is 0 Å². The van der Waals surface area contributed by atoms with Crippen LogP contribution in [-0.2, 0) is 9.59 Å². The molecule has 1 aromatic carbocycles. The molecule has 0 saturated carbocycles. The molecule has 1 unspecified atom stereocenters. The molecule has 1 saturated heterocycles. The first kappa shape index (κ1) is 12.1. The second kappa shape index (κ2) is 4.87. The molecule has 1 heterocycles. The van der Waals surface area contributed by atoms with Gasteiger partial charge in [-0.3, -0.25) is 14.5 Å². The predicted molar refractivity (Wildman–Crippen MR) is 62.9 cm³/mol. The monoisotopic (exact) mass is 248 g/mol. The summed E-state index contributed by atoms with van der Waals surface area (Å²) in [6.07, 6.45) is -0.127. The van der Waals surface area contributed by atoms with Gasteiger partial charge in [0.05, 0.1) is 5.92 Å². The summed E-state index contributed by atoms with van der Waals surface area (Å²) >= 11 is 0. The lowest BCUT2D eigenvalue weighted by molar-refractivity contribution is -0.141. The van der Waals surface area contributed by atoms with Crippen LogP contribution in [-0.4, -0.2) is 34.5 Å². The van der Waals surface area contributed by atoms with Crippen molar-refractivity contribution in [1.29, 1.82) is 0 Å². The number of imide groups is 1. The van der Waals surface area contributed by atoms with Gasteiger partial charge < -0.3 is 10.4 Å². The number of urea groups is 1. The van der Waals surface area contributed by atoms with E-state index >= 15 is 0 Å². The number of aliphatic carboxylic acids is 1. The van der Waals surface area contributed by atoms with Gasteiger partial charge >= 0.3 is 12.0 Å². The largest absolute Gasteiger partial charge is 0.481 e. The van der Waals surface area contributed by atoms with E-state index in [0.717, 1.165) is 4.90 Å². The summed E-state index contributed by atoms with van der Waals surface area (Å²) in [5.41, 5.74) is 0.564. The smallest absolute Gasteiger partial charge is 0.328 e. The third kappa shape index (κ3) is 2.48. The topological polar surface area (TPSA) is 86.7 Å². The summed E-state index contributed by atoms with van der Waals surface area (Å²) in [5, 5.41) is 11.4. The molecule has 0 radical (unpaired) electrons. The standard InChI is InChI=1S/C12H12N2O4/c15-10-6-8(11(16)17)7-14(10)12(18)13-9-4-2-1-3-5-9/h1-5,8H,6-7H2,(H,13,18)(H,16,17). The number of carbonyl (C=O) groups excluding carboxylic acids is 2. The zero-order chi connectivity index (χ0) is 13.1. The van der Waals surface area contributed by atoms with Crippen molar-refractivity contribution < 1.29 is 19.5 Å². The second-order valence-corrected chi connectivity index (χ2v) is 4.04. The van der Waals surface area contributed by atoms with Gasteiger partial charge in [-0.15, -0.1) is 0 Å². The molecular formula is C12H12N2O4. The van der Waals surface area contributed by atoms with Crippen molar-refractivity contribution in [2.75, 3.05) is 11.9 Å². The van der Waals surface area contributed by atoms with E-state index in [1.165, 1.54) is 0 Å². The number of nitrogens with zero attached hydrogens (tertiary/aromatic N) is 1. The van der Waals surface area contributed by atoms with Crippen molar-refractivity contribution in [3.8, 4) is 0 Å². The number of para-hydroxylation sites is 1. The molecule has 6 nitrogen and oxygen atoms in total. The number of carbonyl (C=O) groups is 3. The van der Waals surface area contributed by atoms with Gasteiger partial charge in [-0.25, -0.2) is 4.79 Å². The van der Waals surface area contributed by atoms with Crippen LogP contribution in [0.15, 0.2) is 30.3 Å². The fourth-order valence-electron chi connectivity index (χ4n) is 1.78. The first-order valence-electron chi connectivity index (χ1n) is 5.47. The molecule has 0 bridgehead atoms. The molecule has 1 atom stereocenters. The predicted octanol–water partition coefficient (Wildman–Crippen LogP) is 1.15. The molecule has 1 aliphatic heterocycles. The summed E-state index contributed by atoms with van der Waals surface area (Å²) < 4.78 is 0. The summed E-state index contributed by atoms with van der Waals surface area (Å²) in [5.74, 6) is -2.33. The highest BCUT2D eigenvalue weighted by Crippen LogP contribution is 2.19. The molecule has 2 rings (SSSR count). The van der Waals surface area contributed by atoms with Crippen molar-refractivity contribution in [3.05, 3.63) is 30.3 Å². The number of hydrogen-bond donors (Lipinski definition) is 2. The van der Waals surface area contributed by atoms with Gasteiger partial charge in [0.2, 0.25) is 5.91 Å². The van der Waals surface area contributed by atoms with E-state index in [9.17, 15) is 14.4 Å². The molecule has 18 heavy (non-hydrogen) atoms. The summed E-state index contributed by atoms with van der Waals surface area (Å²) in [4.78, 5) is 35.0. The number of likely N-dealkylation sites (tertiary alicyclic amines) is 1. The summed E-state index contributed by atoms with van der Waals surface area (Å²) in [7, 11) is 0. The first-order chi connectivity index (χ1) is 8.58. The highest BCUT2D eigenvalue weighted by molar-refractivity contribution is 6.03. The first-order valence-corrected chi connectivity index (χ1v) is 5.47. The number of carboxylic acids is 1. The lowest BCUT2D eigenvalue weighted by atomic mass is 10.1. The average Bonchev–Trinajstić information content (AvgIpc) is 2.73. The molecule has 0 aliphatic carbocycles. The van der Waals surface area contributed by atoms with E-state index < -0.39 is 23.8 Å². The second-order valence-electron chi connectivity index (χ2n) is 4.04. The van der Waals surface area contributed by atoms with E-state index in [4.69, 9.17) is 5.11 Å². The van der Waals surface area contributed by atoms with E-state index in [1.54, 1.807) is 30.3 Å². The maximum atomic E-state index is 11.8. The molecule has 2 N–H and O–H groups in total. The van der Waals surface area contributed by atoms with Gasteiger partial charge in [0.15, 0.2) is 0 Å². The molecule has 0 aromatic heterocycles. The number of hydrogen-bond acceptors (Lipinski definition) is 3. The highest BCUT2D eigenvalue weighted by atomic mass is 16.4. The lowest BCUT2D eigenvalue weighted by Gasteiger charge is -2.14. The van der Waals surface area contributed by atoms with E-state index in [-0.39, 0.29) is 13.0 Å². The minimum absolute atomic E-state index is 0.0766. The molecule has 3 amide bonds. The van der Waals surface area contributed by atoms with Crippen LogP contribution in [0.2, 0.25) is 0 Å². The van der Waals surface area contributed by atoms with Crippen molar-refractivity contribution in [3.63, 3.8) is 0 Å². The molecule has 94 valence electrons. The molecule has 1 aliphatic rings. The minimum atomic E-state index is -1.06. The number of rotatable bonds is 2. The number of benzene rings is 1. The highest BCUT2D eigenvalue weighted by Gasteiger charge is 2.37. The summed E-state index contributed by atoms with van der Waals surface area (Å²) in [6.45, 7) is -0.0766. The normalized spacial score (nSPS) is 18.8. The Morgan fingerprint density at radius 2 is 1.94 bits per heavy atom. The van der Waals surface area contributed by atoms with E-state index in [1.807, 2.05) is 0 Å². The third-order valence-corrected chi connectivity index (χ3v) is 2.74. The van der Waals surface area contributed by atoms with Gasteiger partial charge in [-0.05, 0) is 12.1 Å². The Labute approximate surface area is 103 Å². The zero-order valence-electron chi connectivity index (χ0n) is 9.50. The fraction of sp³-hybridized carbons (Fsp3) is 0.250. The van der Waals surface area contributed by atoms with Crippen molar-refractivity contribution in [2.45, 2.75) is 6.42 Å². The SMILES string of the molecule is O=C(O)C1CC(=O)N(C(=O)Nc2ccccc2)C1. The van der Waals surface area contributed by atoms with Crippen LogP contribution in [0.3, 0.4) is 0 Å². The van der Waals surface area contributed by atoms with Crippen LogP contribution < -0.4 is 5.32 Å². The number of anilines is 1. The van der Waals surface area contributed by atoms with E-state index in [0.29, 0.717) is 5.69 Å². The Balaban J connectivity index is 2.02. The van der Waals surface area contributed by atoms with Crippen LogP contribution in [0.1, 0.15) is 6.42 Å². The molecular weight excluding hydrogens is 236 g/mol. The Kier molecular flexibility index (Phi) is 3.27. The van der Waals surface area contributed by atoms with Gasteiger partial charge in [0.1, 0.15) is 0 Å². The van der Waals surface area contributed by atoms with Crippen molar-refractivity contribution in [2.24, 2.45) is 5.92 Å². The van der Waals surface area contributed by atoms with Gasteiger partial charge in [-0.1, -0.05) is 18.2 Å². The van der Waals surface area contributed by atoms with E-state index in [2.05, 4.69) is 5.32 Å².